The van der Waals surface area contributed by atoms with Gasteiger partial charge in [0.15, 0.2) is 0 Å². The molecule has 0 aromatic heterocycles. The van der Waals surface area contributed by atoms with E-state index in [0.29, 0.717) is 5.92 Å². The molecule has 94 valence electrons. The second-order valence-electron chi connectivity index (χ2n) is 4.62. The quantitative estimate of drug-likeness (QED) is 0.751. The van der Waals surface area contributed by atoms with Gasteiger partial charge in [0.25, 0.3) is 0 Å². The number of ether oxygens (including phenoxy) is 1. The number of hydrogen-bond donors (Lipinski definition) is 1. The zero-order valence-electron chi connectivity index (χ0n) is 10.3. The Morgan fingerprint density at radius 3 is 2.94 bits per heavy atom. The number of piperidine rings is 1. The van der Waals surface area contributed by atoms with E-state index in [9.17, 15) is 4.79 Å². The fourth-order valence-corrected chi connectivity index (χ4v) is 2.53. The second kappa shape index (κ2) is 6.86. The van der Waals surface area contributed by atoms with Gasteiger partial charge in [-0.25, -0.2) is 0 Å². The zero-order chi connectivity index (χ0) is 12.0. The molecule has 0 aromatic carbocycles. The largest absolute Gasteiger partial charge is 0.481 e. The summed E-state index contributed by atoms with van der Waals surface area (Å²) in [4.78, 5) is 13.1. The van der Waals surface area contributed by atoms with Crippen molar-refractivity contribution in [3.63, 3.8) is 0 Å². The number of rotatable bonds is 6. The highest BCUT2D eigenvalue weighted by molar-refractivity contribution is 5.67. The topological polar surface area (TPSA) is 49.8 Å². The highest BCUT2D eigenvalue weighted by Gasteiger charge is 2.26. The Hall–Kier alpha value is -0.610. The smallest absolute Gasteiger partial charge is 0.304 e. The minimum absolute atomic E-state index is 0.192. The predicted molar refractivity (Wildman–Crippen MR) is 62.5 cm³/mol. The van der Waals surface area contributed by atoms with E-state index in [2.05, 4.69) is 11.8 Å². The molecule has 0 saturated carbocycles. The number of carboxylic acids is 1. The minimum Gasteiger partial charge on any atom is -0.481 e. The lowest BCUT2D eigenvalue weighted by Gasteiger charge is -2.37. The number of carboxylic acid groups (broad SMARTS) is 1. The third-order valence-electron chi connectivity index (χ3n) is 3.35. The van der Waals surface area contributed by atoms with E-state index >= 15 is 0 Å². The molecule has 16 heavy (non-hydrogen) atoms. The van der Waals surface area contributed by atoms with Crippen LogP contribution < -0.4 is 0 Å². The highest BCUT2D eigenvalue weighted by Crippen LogP contribution is 2.21. The van der Waals surface area contributed by atoms with Crippen LogP contribution >= 0.6 is 0 Å². The zero-order valence-corrected chi connectivity index (χ0v) is 10.3. The summed E-state index contributed by atoms with van der Waals surface area (Å²) in [5, 5.41) is 8.86. The van der Waals surface area contributed by atoms with E-state index in [0.717, 1.165) is 32.5 Å². The normalized spacial score (nSPS) is 24.2. The van der Waals surface area contributed by atoms with Crippen molar-refractivity contribution in [3.8, 4) is 0 Å². The summed E-state index contributed by atoms with van der Waals surface area (Å²) in [6.07, 6.45) is 3.53. The average molecular weight is 229 g/mol. The molecule has 4 heteroatoms. The van der Waals surface area contributed by atoms with Crippen LogP contribution in [0.5, 0.6) is 0 Å². The van der Waals surface area contributed by atoms with E-state index in [1.54, 1.807) is 7.11 Å². The first-order valence-corrected chi connectivity index (χ1v) is 6.12. The number of carbonyl (C=O) groups is 1. The molecule has 0 bridgehead atoms. The number of hydrogen-bond acceptors (Lipinski definition) is 3. The molecule has 1 rings (SSSR count). The third-order valence-corrected chi connectivity index (χ3v) is 3.35. The van der Waals surface area contributed by atoms with Gasteiger partial charge in [0, 0.05) is 19.7 Å². The SMILES string of the molecule is CCC(CC(=O)O)N1CCCC(COC)C1. The summed E-state index contributed by atoms with van der Waals surface area (Å²) >= 11 is 0. The molecule has 1 N–H and O–H groups in total. The Labute approximate surface area is 97.6 Å². The Morgan fingerprint density at radius 2 is 2.38 bits per heavy atom. The molecule has 0 radical (unpaired) electrons. The van der Waals surface area contributed by atoms with Gasteiger partial charge in [0.1, 0.15) is 0 Å². The summed E-state index contributed by atoms with van der Waals surface area (Å²) in [6.45, 7) is 4.87. The molecule has 1 heterocycles. The summed E-state index contributed by atoms with van der Waals surface area (Å²) in [7, 11) is 1.73. The van der Waals surface area contributed by atoms with Gasteiger partial charge in [-0.15, -0.1) is 0 Å². The van der Waals surface area contributed by atoms with Gasteiger partial charge in [-0.3, -0.25) is 9.69 Å². The van der Waals surface area contributed by atoms with Gasteiger partial charge in [-0.05, 0) is 31.7 Å². The molecule has 1 aliphatic heterocycles. The van der Waals surface area contributed by atoms with Crippen LogP contribution in [0, 0.1) is 5.92 Å². The van der Waals surface area contributed by atoms with Crippen LogP contribution in [0.3, 0.4) is 0 Å². The molecule has 2 atom stereocenters. The van der Waals surface area contributed by atoms with Crippen molar-refractivity contribution < 1.29 is 14.6 Å². The summed E-state index contributed by atoms with van der Waals surface area (Å²) in [5.74, 6) is -0.123. The van der Waals surface area contributed by atoms with E-state index in [1.165, 1.54) is 6.42 Å². The first-order chi connectivity index (χ1) is 7.67. The first kappa shape index (κ1) is 13.5. The molecule has 2 unspecified atom stereocenters. The van der Waals surface area contributed by atoms with E-state index < -0.39 is 5.97 Å². The number of likely N-dealkylation sites (tertiary alicyclic amines) is 1. The molecule has 0 spiro atoms. The lowest BCUT2D eigenvalue weighted by molar-refractivity contribution is -0.138. The van der Waals surface area contributed by atoms with Crippen LogP contribution in [0.2, 0.25) is 0 Å². The van der Waals surface area contributed by atoms with Crippen molar-refractivity contribution in [2.75, 3.05) is 26.8 Å². The van der Waals surface area contributed by atoms with E-state index in [-0.39, 0.29) is 12.5 Å². The van der Waals surface area contributed by atoms with Crippen LogP contribution in [0.4, 0.5) is 0 Å². The number of nitrogens with zero attached hydrogens (tertiary/aromatic N) is 1. The van der Waals surface area contributed by atoms with Gasteiger partial charge in [-0.2, -0.15) is 0 Å². The molecule has 1 aliphatic rings. The summed E-state index contributed by atoms with van der Waals surface area (Å²) in [6, 6.07) is 0.192. The van der Waals surface area contributed by atoms with Gasteiger partial charge in [-0.1, -0.05) is 6.92 Å². The maximum absolute atomic E-state index is 10.8. The van der Waals surface area contributed by atoms with Gasteiger partial charge >= 0.3 is 5.97 Å². The van der Waals surface area contributed by atoms with Crippen LogP contribution in [0.25, 0.3) is 0 Å². The molecule has 1 saturated heterocycles. The van der Waals surface area contributed by atoms with Crippen LogP contribution in [0.15, 0.2) is 0 Å². The molecular formula is C12H23NO3. The van der Waals surface area contributed by atoms with Crippen molar-refractivity contribution in [2.24, 2.45) is 5.92 Å². The van der Waals surface area contributed by atoms with Crippen LogP contribution in [-0.2, 0) is 9.53 Å². The number of aliphatic carboxylic acids is 1. The average Bonchev–Trinajstić information content (AvgIpc) is 2.26. The fourth-order valence-electron chi connectivity index (χ4n) is 2.53. The highest BCUT2D eigenvalue weighted by atomic mass is 16.5. The predicted octanol–water partition coefficient (Wildman–Crippen LogP) is 1.60. The molecule has 1 fully saturated rings. The van der Waals surface area contributed by atoms with Gasteiger partial charge in [0.05, 0.1) is 13.0 Å². The molecule has 0 amide bonds. The fraction of sp³-hybridized carbons (Fsp3) is 0.917. The minimum atomic E-state index is -0.694. The third kappa shape index (κ3) is 4.10. The van der Waals surface area contributed by atoms with E-state index in [4.69, 9.17) is 9.84 Å². The van der Waals surface area contributed by atoms with Crippen molar-refractivity contribution in [1.82, 2.24) is 4.90 Å². The Kier molecular flexibility index (Phi) is 5.77. The Bertz CT molecular complexity index is 218. The second-order valence-corrected chi connectivity index (χ2v) is 4.62. The van der Waals surface area contributed by atoms with Crippen molar-refractivity contribution in [1.29, 1.82) is 0 Å². The molecule has 4 nitrogen and oxygen atoms in total. The molecule has 0 aromatic rings. The summed E-state index contributed by atoms with van der Waals surface area (Å²) in [5.41, 5.74) is 0. The van der Waals surface area contributed by atoms with Crippen LogP contribution in [-0.4, -0.2) is 48.8 Å². The maximum Gasteiger partial charge on any atom is 0.304 e. The Morgan fingerprint density at radius 1 is 1.62 bits per heavy atom. The lowest BCUT2D eigenvalue weighted by atomic mass is 9.96. The molecule has 0 aliphatic carbocycles. The molecular weight excluding hydrogens is 206 g/mol. The van der Waals surface area contributed by atoms with Crippen molar-refractivity contribution in [2.45, 2.75) is 38.6 Å². The Balaban J connectivity index is 2.46. The van der Waals surface area contributed by atoms with Crippen molar-refractivity contribution >= 4 is 5.97 Å². The van der Waals surface area contributed by atoms with Gasteiger partial charge < -0.3 is 9.84 Å². The lowest BCUT2D eigenvalue weighted by Crippen LogP contribution is -2.44. The number of methoxy groups -OCH3 is 1. The van der Waals surface area contributed by atoms with Crippen LogP contribution in [0.1, 0.15) is 32.6 Å². The monoisotopic (exact) mass is 229 g/mol. The van der Waals surface area contributed by atoms with Gasteiger partial charge in [0.2, 0.25) is 0 Å². The first-order valence-electron chi connectivity index (χ1n) is 6.12. The van der Waals surface area contributed by atoms with E-state index in [1.807, 2.05) is 0 Å². The standard InChI is InChI=1S/C12H23NO3/c1-3-11(7-12(14)15)13-6-4-5-10(8-13)9-16-2/h10-11H,3-9H2,1-2H3,(H,14,15). The van der Waals surface area contributed by atoms with Crippen molar-refractivity contribution in [3.05, 3.63) is 0 Å². The maximum atomic E-state index is 10.8. The summed E-state index contributed by atoms with van der Waals surface area (Å²) < 4.78 is 5.18.